The number of pyridine rings is 2. The number of hydrogen-bond donors (Lipinski definition) is 0. The van der Waals surface area contributed by atoms with Crippen molar-refractivity contribution in [3.8, 4) is 11.3 Å². The van der Waals surface area contributed by atoms with E-state index in [0.717, 1.165) is 34.9 Å². The second-order valence-corrected chi connectivity index (χ2v) is 8.36. The summed E-state index contributed by atoms with van der Waals surface area (Å²) in [5, 5.41) is 3.55. The Morgan fingerprint density at radius 2 is 1.73 bits per heavy atom. The molecule has 0 aliphatic carbocycles. The van der Waals surface area contributed by atoms with Crippen molar-refractivity contribution in [2.24, 2.45) is 7.05 Å². The summed E-state index contributed by atoms with van der Waals surface area (Å²) in [5.74, 6) is 0. The Labute approximate surface area is 177 Å². The van der Waals surface area contributed by atoms with Gasteiger partial charge in [-0.3, -0.25) is 0 Å². The van der Waals surface area contributed by atoms with Gasteiger partial charge in [0.15, 0.2) is 5.58 Å². The Balaban J connectivity index is 1.94. The standard InChI is InChI=1S/C27H27N2O/c1-6-9-19-15-24(29(5)23-11-8-7-10-20(19)23)25-18(4)16(2)14-22-21-13-12-17(3)28-27(21)30-26(22)25/h7-8,10-15H,6,9H2,1-5H3/q+1. The second kappa shape index (κ2) is 6.94. The topological polar surface area (TPSA) is 29.9 Å². The quantitative estimate of drug-likeness (QED) is 0.326. The van der Waals surface area contributed by atoms with E-state index in [1.165, 1.54) is 38.9 Å². The first-order chi connectivity index (χ1) is 14.5. The molecule has 3 nitrogen and oxygen atoms in total. The van der Waals surface area contributed by atoms with Crippen LogP contribution in [0.5, 0.6) is 0 Å². The van der Waals surface area contributed by atoms with Gasteiger partial charge in [0, 0.05) is 34.0 Å². The fraction of sp³-hybridized carbons (Fsp3) is 0.259. The van der Waals surface area contributed by atoms with Crippen molar-refractivity contribution in [2.45, 2.75) is 40.5 Å². The molecule has 0 spiro atoms. The van der Waals surface area contributed by atoms with Crippen molar-refractivity contribution in [1.82, 2.24) is 4.98 Å². The zero-order chi connectivity index (χ0) is 21.0. The van der Waals surface area contributed by atoms with Crippen molar-refractivity contribution in [3.05, 3.63) is 70.9 Å². The van der Waals surface area contributed by atoms with Gasteiger partial charge in [-0.05, 0) is 68.1 Å². The minimum absolute atomic E-state index is 0.716. The molecule has 5 aromatic rings. The predicted molar refractivity (Wildman–Crippen MR) is 124 cm³/mol. The third kappa shape index (κ3) is 2.72. The maximum absolute atomic E-state index is 6.40. The number of para-hydroxylation sites is 1. The highest BCUT2D eigenvalue weighted by atomic mass is 16.3. The Kier molecular flexibility index (Phi) is 4.35. The average Bonchev–Trinajstić information content (AvgIpc) is 3.08. The second-order valence-electron chi connectivity index (χ2n) is 8.36. The molecule has 3 heterocycles. The fourth-order valence-electron chi connectivity index (χ4n) is 4.64. The lowest BCUT2D eigenvalue weighted by Gasteiger charge is -2.12. The molecule has 0 amide bonds. The van der Waals surface area contributed by atoms with E-state index in [2.05, 4.69) is 85.9 Å². The third-order valence-electron chi connectivity index (χ3n) is 6.35. The molecule has 0 saturated carbocycles. The summed E-state index contributed by atoms with van der Waals surface area (Å²) in [6.07, 6.45) is 2.18. The van der Waals surface area contributed by atoms with Crippen LogP contribution in [0.15, 0.2) is 52.9 Å². The minimum Gasteiger partial charge on any atom is -0.437 e. The predicted octanol–water partition coefficient (Wildman–Crippen LogP) is 6.50. The molecular formula is C27H27N2O+. The zero-order valence-corrected chi connectivity index (χ0v) is 18.3. The monoisotopic (exact) mass is 395 g/mol. The van der Waals surface area contributed by atoms with Crippen molar-refractivity contribution < 1.29 is 8.98 Å². The number of aromatic nitrogens is 2. The SMILES string of the molecule is CCCc1cc(-c2c(C)c(C)cc3c2oc2nc(C)ccc23)[n+](C)c2ccccc12. The average molecular weight is 396 g/mol. The minimum atomic E-state index is 0.716. The van der Waals surface area contributed by atoms with Gasteiger partial charge < -0.3 is 4.42 Å². The molecule has 0 fully saturated rings. The number of hydrogen-bond acceptors (Lipinski definition) is 2. The lowest BCUT2D eigenvalue weighted by atomic mass is 9.94. The highest BCUT2D eigenvalue weighted by molar-refractivity contribution is 6.09. The van der Waals surface area contributed by atoms with Gasteiger partial charge in [0.25, 0.3) is 0 Å². The van der Waals surface area contributed by atoms with Crippen LogP contribution < -0.4 is 4.57 Å². The van der Waals surface area contributed by atoms with E-state index in [-0.39, 0.29) is 0 Å². The fourth-order valence-corrected chi connectivity index (χ4v) is 4.64. The van der Waals surface area contributed by atoms with Crippen LogP contribution in [0.4, 0.5) is 0 Å². The third-order valence-corrected chi connectivity index (χ3v) is 6.35. The number of benzene rings is 2. The highest BCUT2D eigenvalue weighted by Crippen LogP contribution is 2.39. The number of furan rings is 1. The van der Waals surface area contributed by atoms with Crippen LogP contribution in [0.2, 0.25) is 0 Å². The molecule has 0 radical (unpaired) electrons. The Hall–Kier alpha value is -3.20. The number of nitrogens with zero attached hydrogens (tertiary/aromatic N) is 2. The van der Waals surface area contributed by atoms with Crippen LogP contribution in [0, 0.1) is 20.8 Å². The molecule has 0 N–H and O–H groups in total. The molecule has 0 unspecified atom stereocenters. The van der Waals surface area contributed by atoms with Crippen LogP contribution in [-0.4, -0.2) is 4.98 Å². The summed E-state index contributed by atoms with van der Waals surface area (Å²) in [6.45, 7) is 8.63. The summed E-state index contributed by atoms with van der Waals surface area (Å²) in [7, 11) is 2.16. The lowest BCUT2D eigenvalue weighted by Crippen LogP contribution is -2.33. The Bertz CT molecular complexity index is 1440. The molecule has 150 valence electrons. The van der Waals surface area contributed by atoms with Gasteiger partial charge in [-0.1, -0.05) is 25.5 Å². The highest BCUT2D eigenvalue weighted by Gasteiger charge is 2.25. The first-order valence-electron chi connectivity index (χ1n) is 10.7. The number of rotatable bonds is 3. The summed E-state index contributed by atoms with van der Waals surface area (Å²) >= 11 is 0. The zero-order valence-electron chi connectivity index (χ0n) is 18.3. The van der Waals surface area contributed by atoms with Crippen molar-refractivity contribution in [2.75, 3.05) is 0 Å². The van der Waals surface area contributed by atoms with E-state index >= 15 is 0 Å². The molecular weight excluding hydrogens is 368 g/mol. The van der Waals surface area contributed by atoms with E-state index < -0.39 is 0 Å². The van der Waals surface area contributed by atoms with Crippen LogP contribution in [0.3, 0.4) is 0 Å². The smallest absolute Gasteiger partial charge is 0.227 e. The molecule has 3 aromatic heterocycles. The molecule has 0 saturated heterocycles. The molecule has 2 aromatic carbocycles. The van der Waals surface area contributed by atoms with Gasteiger partial charge in [-0.2, -0.15) is 4.57 Å². The normalized spacial score (nSPS) is 11.8. The molecule has 0 atom stereocenters. The molecule has 30 heavy (non-hydrogen) atoms. The van der Waals surface area contributed by atoms with Crippen molar-refractivity contribution in [1.29, 1.82) is 0 Å². The summed E-state index contributed by atoms with van der Waals surface area (Å²) in [4.78, 5) is 4.65. The van der Waals surface area contributed by atoms with Gasteiger partial charge in [-0.25, -0.2) is 4.98 Å². The first-order valence-corrected chi connectivity index (χ1v) is 10.7. The molecule has 0 aliphatic heterocycles. The molecule has 5 rings (SSSR count). The van der Waals surface area contributed by atoms with Gasteiger partial charge in [-0.15, -0.1) is 0 Å². The van der Waals surface area contributed by atoms with E-state index in [9.17, 15) is 0 Å². The van der Waals surface area contributed by atoms with Crippen molar-refractivity contribution >= 4 is 33.0 Å². The van der Waals surface area contributed by atoms with Gasteiger partial charge in [0.2, 0.25) is 16.9 Å². The van der Waals surface area contributed by atoms with Crippen LogP contribution in [-0.2, 0) is 13.5 Å². The summed E-state index contributed by atoms with van der Waals surface area (Å²) in [5.41, 5.74) is 10.1. The van der Waals surface area contributed by atoms with E-state index in [4.69, 9.17) is 4.42 Å². The number of aryl methyl sites for hydroxylation is 4. The van der Waals surface area contributed by atoms with Crippen LogP contribution in [0.1, 0.15) is 35.7 Å². The first kappa shape index (κ1) is 18.8. The van der Waals surface area contributed by atoms with Crippen LogP contribution >= 0.6 is 0 Å². The Morgan fingerprint density at radius 1 is 0.933 bits per heavy atom. The van der Waals surface area contributed by atoms with Crippen LogP contribution in [0.25, 0.3) is 44.2 Å². The lowest BCUT2D eigenvalue weighted by molar-refractivity contribution is -0.633. The van der Waals surface area contributed by atoms with E-state index in [1.54, 1.807) is 0 Å². The number of fused-ring (bicyclic) bond motifs is 4. The van der Waals surface area contributed by atoms with Gasteiger partial charge in [0.05, 0.1) is 5.56 Å². The van der Waals surface area contributed by atoms with Crippen molar-refractivity contribution in [3.63, 3.8) is 0 Å². The largest absolute Gasteiger partial charge is 0.437 e. The maximum atomic E-state index is 6.40. The van der Waals surface area contributed by atoms with E-state index in [1.807, 2.05) is 6.92 Å². The van der Waals surface area contributed by atoms with Gasteiger partial charge >= 0.3 is 0 Å². The Morgan fingerprint density at radius 3 is 2.53 bits per heavy atom. The van der Waals surface area contributed by atoms with E-state index in [0.29, 0.717) is 5.71 Å². The molecule has 0 bridgehead atoms. The summed E-state index contributed by atoms with van der Waals surface area (Å²) < 4.78 is 8.70. The summed E-state index contributed by atoms with van der Waals surface area (Å²) in [6, 6.07) is 17.5. The van der Waals surface area contributed by atoms with Gasteiger partial charge in [0.1, 0.15) is 7.05 Å². The molecule has 0 aliphatic rings. The maximum Gasteiger partial charge on any atom is 0.227 e. The molecule has 3 heteroatoms.